The first kappa shape index (κ1) is 14.8. The predicted molar refractivity (Wildman–Crippen MR) is 62.0 cm³/mol. The highest BCUT2D eigenvalue weighted by molar-refractivity contribution is 5.85. The number of rotatable bonds is 2. The molecule has 0 aromatic rings. The lowest BCUT2D eigenvalue weighted by Crippen LogP contribution is -2.42. The molecule has 7 heteroatoms. The van der Waals surface area contributed by atoms with E-state index in [1.54, 1.807) is 11.8 Å². The summed E-state index contributed by atoms with van der Waals surface area (Å²) in [5, 5.41) is 11.5. The molecular weight excluding hydrogens is 234 g/mol. The largest absolute Gasteiger partial charge is 0.450 e. The maximum Gasteiger partial charge on any atom is 0.409 e. The van der Waals surface area contributed by atoms with Crippen molar-refractivity contribution in [3.05, 3.63) is 0 Å². The molecule has 0 saturated carbocycles. The standard InChI is InChI=1S/C9H17N3O3.ClH/c1-2-15-9(13)12-5-3-7(4-6-12)8(10)11-14;/h7,14H,2-6H2,1H3,(H2,10,11);1H. The molecule has 94 valence electrons. The van der Waals surface area contributed by atoms with Gasteiger partial charge in [-0.1, -0.05) is 5.16 Å². The number of nitrogens with zero attached hydrogens (tertiary/aromatic N) is 2. The Kier molecular flexibility index (Phi) is 6.64. The van der Waals surface area contributed by atoms with Gasteiger partial charge < -0.3 is 20.6 Å². The summed E-state index contributed by atoms with van der Waals surface area (Å²) in [4.78, 5) is 13.0. The van der Waals surface area contributed by atoms with Gasteiger partial charge in [-0.25, -0.2) is 4.79 Å². The van der Waals surface area contributed by atoms with E-state index in [2.05, 4.69) is 5.16 Å². The number of piperidine rings is 1. The average molecular weight is 252 g/mol. The van der Waals surface area contributed by atoms with E-state index in [1.807, 2.05) is 0 Å². The summed E-state index contributed by atoms with van der Waals surface area (Å²) in [6.45, 7) is 3.36. The van der Waals surface area contributed by atoms with E-state index in [0.29, 0.717) is 32.5 Å². The van der Waals surface area contributed by atoms with Crippen molar-refractivity contribution in [3.63, 3.8) is 0 Å². The maximum absolute atomic E-state index is 11.3. The zero-order valence-electron chi connectivity index (χ0n) is 9.26. The van der Waals surface area contributed by atoms with Crippen LogP contribution < -0.4 is 5.73 Å². The number of halogens is 1. The summed E-state index contributed by atoms with van der Waals surface area (Å²) in [6, 6.07) is 0. The van der Waals surface area contributed by atoms with Crippen molar-refractivity contribution in [1.82, 2.24) is 4.90 Å². The third kappa shape index (κ3) is 3.77. The Morgan fingerprint density at radius 1 is 1.56 bits per heavy atom. The van der Waals surface area contributed by atoms with Crippen LogP contribution >= 0.6 is 12.4 Å². The highest BCUT2D eigenvalue weighted by Gasteiger charge is 2.25. The van der Waals surface area contributed by atoms with Crippen LogP contribution in [0.15, 0.2) is 5.16 Å². The number of carbonyl (C=O) groups excluding carboxylic acids is 1. The van der Waals surface area contributed by atoms with Crippen molar-refractivity contribution in [2.24, 2.45) is 16.8 Å². The number of amides is 1. The van der Waals surface area contributed by atoms with Crippen molar-refractivity contribution >= 4 is 24.3 Å². The molecular formula is C9H18ClN3O3. The molecule has 0 aromatic heterocycles. The molecule has 1 heterocycles. The van der Waals surface area contributed by atoms with Gasteiger partial charge in [-0.3, -0.25) is 0 Å². The van der Waals surface area contributed by atoms with Crippen LogP contribution in [0.4, 0.5) is 4.79 Å². The Balaban J connectivity index is 0.00000225. The minimum atomic E-state index is -0.282. The molecule has 16 heavy (non-hydrogen) atoms. The number of likely N-dealkylation sites (tertiary alicyclic amines) is 1. The zero-order chi connectivity index (χ0) is 11.3. The highest BCUT2D eigenvalue weighted by Crippen LogP contribution is 2.17. The minimum Gasteiger partial charge on any atom is -0.450 e. The number of carbonyl (C=O) groups is 1. The van der Waals surface area contributed by atoms with E-state index in [4.69, 9.17) is 15.7 Å². The van der Waals surface area contributed by atoms with E-state index in [9.17, 15) is 4.79 Å². The van der Waals surface area contributed by atoms with E-state index in [1.165, 1.54) is 0 Å². The second-order valence-corrected chi connectivity index (χ2v) is 3.49. The molecule has 0 aliphatic carbocycles. The SMILES string of the molecule is CCOC(=O)N1CCC(/C(N)=N\O)CC1.Cl. The third-order valence-corrected chi connectivity index (χ3v) is 2.55. The Morgan fingerprint density at radius 3 is 2.56 bits per heavy atom. The van der Waals surface area contributed by atoms with Crippen molar-refractivity contribution in [3.8, 4) is 0 Å². The summed E-state index contributed by atoms with van der Waals surface area (Å²) in [6.07, 6.45) is 1.15. The number of oxime groups is 1. The van der Waals surface area contributed by atoms with Crippen molar-refractivity contribution in [1.29, 1.82) is 0 Å². The van der Waals surface area contributed by atoms with Gasteiger partial charge in [0, 0.05) is 19.0 Å². The molecule has 1 amide bonds. The molecule has 6 nitrogen and oxygen atoms in total. The van der Waals surface area contributed by atoms with Crippen LogP contribution in [-0.2, 0) is 4.74 Å². The quantitative estimate of drug-likeness (QED) is 0.332. The fourth-order valence-electron chi connectivity index (χ4n) is 1.65. The van der Waals surface area contributed by atoms with Crippen LogP contribution in [0.3, 0.4) is 0 Å². The van der Waals surface area contributed by atoms with Gasteiger partial charge in [0.2, 0.25) is 0 Å². The molecule has 0 aromatic carbocycles. The fourth-order valence-corrected chi connectivity index (χ4v) is 1.65. The third-order valence-electron chi connectivity index (χ3n) is 2.55. The van der Waals surface area contributed by atoms with Crippen molar-refractivity contribution in [2.45, 2.75) is 19.8 Å². The predicted octanol–water partition coefficient (Wildman–Crippen LogP) is 1.02. The van der Waals surface area contributed by atoms with Crippen LogP contribution in [0.25, 0.3) is 0 Å². The Hall–Kier alpha value is -1.17. The van der Waals surface area contributed by atoms with Gasteiger partial charge in [0.1, 0.15) is 5.84 Å². The van der Waals surface area contributed by atoms with Crippen molar-refractivity contribution in [2.75, 3.05) is 19.7 Å². The van der Waals surface area contributed by atoms with E-state index in [0.717, 1.165) is 0 Å². The van der Waals surface area contributed by atoms with Gasteiger partial charge >= 0.3 is 6.09 Å². The van der Waals surface area contributed by atoms with Crippen LogP contribution in [0.2, 0.25) is 0 Å². The van der Waals surface area contributed by atoms with Crippen LogP contribution in [-0.4, -0.2) is 41.7 Å². The molecule has 1 aliphatic rings. The van der Waals surface area contributed by atoms with Crippen LogP contribution in [0, 0.1) is 5.92 Å². The first-order chi connectivity index (χ1) is 7.19. The number of hydrogen-bond acceptors (Lipinski definition) is 4. The summed E-state index contributed by atoms with van der Waals surface area (Å²) in [5.41, 5.74) is 5.49. The van der Waals surface area contributed by atoms with Crippen LogP contribution in [0.1, 0.15) is 19.8 Å². The number of ether oxygens (including phenoxy) is 1. The smallest absolute Gasteiger partial charge is 0.409 e. The Labute approximate surface area is 101 Å². The van der Waals surface area contributed by atoms with E-state index < -0.39 is 0 Å². The number of hydrogen-bond donors (Lipinski definition) is 2. The molecule has 1 saturated heterocycles. The lowest BCUT2D eigenvalue weighted by Gasteiger charge is -2.30. The molecule has 1 aliphatic heterocycles. The van der Waals surface area contributed by atoms with E-state index in [-0.39, 0.29) is 30.3 Å². The summed E-state index contributed by atoms with van der Waals surface area (Å²) in [7, 11) is 0. The molecule has 0 atom stereocenters. The normalized spacial score (nSPS) is 17.8. The lowest BCUT2D eigenvalue weighted by atomic mass is 9.96. The Bertz CT molecular complexity index is 252. The van der Waals surface area contributed by atoms with Gasteiger partial charge in [0.05, 0.1) is 6.61 Å². The van der Waals surface area contributed by atoms with Gasteiger partial charge in [0.15, 0.2) is 0 Å². The monoisotopic (exact) mass is 251 g/mol. The average Bonchev–Trinajstić information content (AvgIpc) is 2.28. The minimum absolute atomic E-state index is 0. The molecule has 1 fully saturated rings. The number of amidine groups is 1. The van der Waals surface area contributed by atoms with Gasteiger partial charge in [0.25, 0.3) is 0 Å². The van der Waals surface area contributed by atoms with Crippen molar-refractivity contribution < 1.29 is 14.7 Å². The van der Waals surface area contributed by atoms with E-state index >= 15 is 0 Å². The van der Waals surface area contributed by atoms with Gasteiger partial charge in [-0.05, 0) is 19.8 Å². The molecule has 0 unspecified atom stereocenters. The van der Waals surface area contributed by atoms with Gasteiger partial charge in [-0.15, -0.1) is 12.4 Å². The fraction of sp³-hybridized carbons (Fsp3) is 0.778. The topological polar surface area (TPSA) is 88.2 Å². The summed E-state index contributed by atoms with van der Waals surface area (Å²) >= 11 is 0. The number of nitrogens with two attached hydrogens (primary N) is 1. The highest BCUT2D eigenvalue weighted by atomic mass is 35.5. The first-order valence-electron chi connectivity index (χ1n) is 5.08. The second-order valence-electron chi connectivity index (χ2n) is 3.49. The Morgan fingerprint density at radius 2 is 2.12 bits per heavy atom. The molecule has 3 N–H and O–H groups in total. The molecule has 0 bridgehead atoms. The van der Waals surface area contributed by atoms with Crippen LogP contribution in [0.5, 0.6) is 0 Å². The second kappa shape index (κ2) is 7.16. The first-order valence-corrected chi connectivity index (χ1v) is 5.08. The summed E-state index contributed by atoms with van der Waals surface area (Å²) < 4.78 is 4.88. The lowest BCUT2D eigenvalue weighted by molar-refractivity contribution is 0.0961. The molecule has 1 rings (SSSR count). The summed E-state index contributed by atoms with van der Waals surface area (Å²) in [5.74, 6) is 0.319. The molecule has 0 spiro atoms. The molecule has 0 radical (unpaired) electrons. The van der Waals surface area contributed by atoms with Gasteiger partial charge in [-0.2, -0.15) is 0 Å². The zero-order valence-corrected chi connectivity index (χ0v) is 10.1. The maximum atomic E-state index is 11.3.